The van der Waals surface area contributed by atoms with E-state index in [4.69, 9.17) is 0 Å². The summed E-state index contributed by atoms with van der Waals surface area (Å²) in [7, 11) is 1.31. The van der Waals surface area contributed by atoms with E-state index >= 15 is 0 Å². The van der Waals surface area contributed by atoms with Crippen molar-refractivity contribution in [2.45, 2.75) is 0 Å². The molecule has 0 saturated heterocycles. The van der Waals surface area contributed by atoms with Gasteiger partial charge in [-0.25, -0.2) is 4.79 Å². The summed E-state index contributed by atoms with van der Waals surface area (Å²) in [5.41, 5.74) is 0. The van der Waals surface area contributed by atoms with Gasteiger partial charge in [-0.15, -0.1) is 0 Å². The minimum atomic E-state index is -0.394. The molecule has 0 aromatic carbocycles. The van der Waals surface area contributed by atoms with Crippen LogP contribution >= 0.6 is 13.5 Å². The second-order valence-corrected chi connectivity index (χ2v) is 0.727. The zero-order valence-electron chi connectivity index (χ0n) is 4.81. The number of hydrogen-bond acceptors (Lipinski definition) is 2. The van der Waals surface area contributed by atoms with Crippen molar-refractivity contribution in [1.82, 2.24) is 0 Å². The molecule has 0 heterocycles. The summed E-state index contributed by atoms with van der Waals surface area (Å²) in [6, 6.07) is 0. The van der Waals surface area contributed by atoms with Crippen molar-refractivity contribution >= 4 is 43.4 Å². The van der Waals surface area contributed by atoms with Gasteiger partial charge in [0.25, 0.3) is 0 Å². The Morgan fingerprint density at radius 2 is 2.12 bits per heavy atom. The Bertz CT molecular complexity index is 74.4. The van der Waals surface area contributed by atoms with Gasteiger partial charge in [0.1, 0.15) is 0 Å². The molecule has 48 valence electrons. The van der Waals surface area contributed by atoms with E-state index in [1.165, 1.54) is 7.11 Å². The van der Waals surface area contributed by atoms with Gasteiger partial charge in [-0.3, -0.25) is 0 Å². The van der Waals surface area contributed by atoms with E-state index in [0.717, 1.165) is 6.08 Å². The van der Waals surface area contributed by atoms with E-state index in [0.29, 0.717) is 0 Å². The summed E-state index contributed by atoms with van der Waals surface area (Å²) in [6.45, 7) is 3.16. The molecular formula is C4H10O2SSn. The van der Waals surface area contributed by atoms with E-state index in [1.807, 2.05) is 0 Å². The predicted molar refractivity (Wildman–Crippen MR) is 41.1 cm³/mol. The molecule has 0 aliphatic carbocycles. The Kier molecular flexibility index (Phi) is 20.4. The van der Waals surface area contributed by atoms with Crippen molar-refractivity contribution in [2.24, 2.45) is 0 Å². The van der Waals surface area contributed by atoms with Gasteiger partial charge in [0.05, 0.1) is 7.11 Å². The molecule has 2 nitrogen and oxygen atoms in total. The Labute approximate surface area is 72.7 Å². The van der Waals surface area contributed by atoms with Crippen LogP contribution in [-0.2, 0) is 9.53 Å². The van der Waals surface area contributed by atoms with E-state index in [2.05, 4.69) is 11.3 Å². The maximum atomic E-state index is 9.84. The normalized spacial score (nSPS) is 5.12. The van der Waals surface area contributed by atoms with Crippen LogP contribution in [-0.4, -0.2) is 37.0 Å². The SMILES string of the molecule is C=CC(=O)OC.S.[SnH2]. The number of carbonyl (C=O) groups is 1. The quantitative estimate of drug-likeness (QED) is 0.353. The molecule has 0 spiro atoms. The number of hydrogen-bond donors (Lipinski definition) is 0. The van der Waals surface area contributed by atoms with Gasteiger partial charge in [-0.05, 0) is 0 Å². The van der Waals surface area contributed by atoms with Crippen molar-refractivity contribution in [3.05, 3.63) is 12.7 Å². The first-order valence-corrected chi connectivity index (χ1v) is 1.51. The van der Waals surface area contributed by atoms with Crippen LogP contribution < -0.4 is 0 Å². The third kappa shape index (κ3) is 9.61. The number of carbonyl (C=O) groups excluding carboxylic acids is 1. The molecule has 0 bridgehead atoms. The molecule has 0 unspecified atom stereocenters. The van der Waals surface area contributed by atoms with Crippen LogP contribution in [0.15, 0.2) is 12.7 Å². The van der Waals surface area contributed by atoms with Crippen LogP contribution in [0.4, 0.5) is 0 Å². The maximum absolute atomic E-state index is 9.84. The van der Waals surface area contributed by atoms with Gasteiger partial charge in [0.15, 0.2) is 0 Å². The van der Waals surface area contributed by atoms with Gasteiger partial charge < -0.3 is 4.74 Å². The number of rotatable bonds is 1. The fourth-order valence-electron chi connectivity index (χ4n) is 0.0833. The van der Waals surface area contributed by atoms with Gasteiger partial charge in [0, 0.05) is 6.08 Å². The van der Waals surface area contributed by atoms with Crippen LogP contribution in [0.25, 0.3) is 0 Å². The van der Waals surface area contributed by atoms with Gasteiger partial charge in [-0.2, -0.15) is 13.5 Å². The standard InChI is InChI=1S/C4H6O2.H2S.Sn.2H/c1-3-4(5)6-2;;;;/h3H,1H2,2H3;1H2;;;. The first kappa shape index (κ1) is 15.8. The monoisotopic (exact) mass is 242 g/mol. The summed E-state index contributed by atoms with van der Waals surface area (Å²) in [6.07, 6.45) is 1.11. The first-order valence-electron chi connectivity index (χ1n) is 1.51. The molecule has 2 radical (unpaired) electrons. The van der Waals surface area contributed by atoms with Gasteiger partial charge >= 0.3 is 29.9 Å². The number of esters is 1. The Morgan fingerprint density at radius 3 is 2.12 bits per heavy atom. The summed E-state index contributed by atoms with van der Waals surface area (Å²) >= 11 is 0. The van der Waals surface area contributed by atoms with E-state index < -0.39 is 5.97 Å². The summed E-state index contributed by atoms with van der Waals surface area (Å²) in [5, 5.41) is 0. The predicted octanol–water partition coefficient (Wildman–Crippen LogP) is -0.458. The van der Waals surface area contributed by atoms with Crippen LogP contribution in [0.5, 0.6) is 0 Å². The molecular weight excluding hydrogens is 231 g/mol. The molecule has 0 aliphatic heterocycles. The minimum absolute atomic E-state index is 0. The second kappa shape index (κ2) is 10.4. The third-order valence-electron chi connectivity index (χ3n) is 0.368. The fourth-order valence-corrected chi connectivity index (χ4v) is 0.0833. The summed E-state index contributed by atoms with van der Waals surface area (Å²) in [5.74, 6) is -0.394. The molecule has 0 amide bonds. The Hall–Kier alpha value is 0.359. The Balaban J connectivity index is -0.000000125. The van der Waals surface area contributed by atoms with Crippen LogP contribution in [0.3, 0.4) is 0 Å². The molecule has 0 aromatic rings. The number of ether oxygens (including phenoxy) is 1. The molecule has 4 heteroatoms. The van der Waals surface area contributed by atoms with E-state index in [9.17, 15) is 4.79 Å². The summed E-state index contributed by atoms with van der Waals surface area (Å²) in [4.78, 5) is 9.84. The fraction of sp³-hybridized carbons (Fsp3) is 0.250. The van der Waals surface area contributed by atoms with Crippen LogP contribution in [0, 0.1) is 0 Å². The van der Waals surface area contributed by atoms with Crippen LogP contribution in [0.1, 0.15) is 0 Å². The molecule has 8 heavy (non-hydrogen) atoms. The second-order valence-electron chi connectivity index (χ2n) is 0.727. The van der Waals surface area contributed by atoms with Crippen molar-refractivity contribution < 1.29 is 9.53 Å². The van der Waals surface area contributed by atoms with Gasteiger partial charge in [-0.1, -0.05) is 6.58 Å². The number of methoxy groups -OCH3 is 1. The Morgan fingerprint density at radius 1 is 1.75 bits per heavy atom. The van der Waals surface area contributed by atoms with Crippen molar-refractivity contribution in [3.8, 4) is 0 Å². The molecule has 0 atom stereocenters. The first-order chi connectivity index (χ1) is 2.81. The van der Waals surface area contributed by atoms with Crippen molar-refractivity contribution in [3.63, 3.8) is 0 Å². The molecule has 0 fully saturated rings. The zero-order chi connectivity index (χ0) is 4.99. The zero-order valence-corrected chi connectivity index (χ0v) is 9.84. The topological polar surface area (TPSA) is 26.3 Å². The van der Waals surface area contributed by atoms with Crippen LogP contribution in [0.2, 0.25) is 0 Å². The van der Waals surface area contributed by atoms with Crippen molar-refractivity contribution in [1.29, 1.82) is 0 Å². The molecule has 0 saturated carbocycles. The third-order valence-corrected chi connectivity index (χ3v) is 0.368. The molecule has 0 aliphatic rings. The average molecular weight is 241 g/mol. The molecule has 0 N–H and O–H groups in total. The van der Waals surface area contributed by atoms with Gasteiger partial charge in [0.2, 0.25) is 0 Å². The van der Waals surface area contributed by atoms with E-state index in [1.54, 1.807) is 0 Å². The van der Waals surface area contributed by atoms with Crippen molar-refractivity contribution in [2.75, 3.05) is 7.11 Å². The molecule has 0 aromatic heterocycles. The molecule has 0 rings (SSSR count). The summed E-state index contributed by atoms with van der Waals surface area (Å²) < 4.78 is 4.14. The van der Waals surface area contributed by atoms with E-state index in [-0.39, 0.29) is 37.4 Å². The average Bonchev–Trinajstić information content (AvgIpc) is 1.65.